The third kappa shape index (κ3) is 2.56. The average Bonchev–Trinajstić information content (AvgIpc) is 3.42. The minimum atomic E-state index is 0.219. The lowest BCUT2D eigenvalue weighted by molar-refractivity contribution is -0.140. The Morgan fingerprint density at radius 1 is 1.18 bits per heavy atom. The van der Waals surface area contributed by atoms with Crippen molar-refractivity contribution >= 4 is 5.91 Å². The molecule has 0 radical (unpaired) electrons. The molecule has 2 saturated carbocycles. The Balaban J connectivity index is 1.50. The van der Waals surface area contributed by atoms with Crippen molar-refractivity contribution in [2.75, 3.05) is 26.7 Å². The molecule has 2 heterocycles. The van der Waals surface area contributed by atoms with Crippen LogP contribution in [0.15, 0.2) is 12.4 Å². The molecule has 3 fully saturated rings. The fourth-order valence-corrected chi connectivity index (χ4v) is 3.96. The first kappa shape index (κ1) is 14.2. The zero-order valence-electron chi connectivity index (χ0n) is 13.6. The molecule has 5 heteroatoms. The van der Waals surface area contributed by atoms with Crippen LogP contribution in [-0.4, -0.2) is 51.9 Å². The predicted molar refractivity (Wildman–Crippen MR) is 84.1 cm³/mol. The second-order valence-electron chi connectivity index (χ2n) is 7.38. The van der Waals surface area contributed by atoms with Crippen LogP contribution < -0.4 is 0 Å². The van der Waals surface area contributed by atoms with Crippen molar-refractivity contribution in [3.05, 3.63) is 18.2 Å². The van der Waals surface area contributed by atoms with Crippen molar-refractivity contribution in [1.29, 1.82) is 0 Å². The van der Waals surface area contributed by atoms with Gasteiger partial charge in [0.15, 0.2) is 0 Å². The van der Waals surface area contributed by atoms with Gasteiger partial charge in [0.05, 0.1) is 6.04 Å². The zero-order valence-corrected chi connectivity index (χ0v) is 13.6. The van der Waals surface area contributed by atoms with Crippen molar-refractivity contribution in [3.63, 3.8) is 0 Å². The predicted octanol–water partition coefficient (Wildman–Crippen LogP) is 1.67. The number of hydrogen-bond acceptors (Lipinski definition) is 3. The number of rotatable bonds is 4. The maximum absolute atomic E-state index is 13.0. The van der Waals surface area contributed by atoms with Crippen LogP contribution in [0.1, 0.15) is 37.5 Å². The molecule has 2 aliphatic carbocycles. The molecule has 22 heavy (non-hydrogen) atoms. The third-order valence-electron chi connectivity index (χ3n) is 5.66. The van der Waals surface area contributed by atoms with Gasteiger partial charge in [-0.3, -0.25) is 9.69 Å². The zero-order chi connectivity index (χ0) is 15.3. The van der Waals surface area contributed by atoms with E-state index in [0.717, 1.165) is 25.5 Å². The number of aryl methyl sites for hydroxylation is 1. The number of likely N-dealkylation sites (N-methyl/N-ethyl adjacent to an activating group) is 1. The van der Waals surface area contributed by atoms with Gasteiger partial charge in [-0.05, 0) is 44.6 Å². The highest BCUT2D eigenvalue weighted by atomic mass is 16.2. The molecule has 3 aliphatic rings. The van der Waals surface area contributed by atoms with E-state index < -0.39 is 0 Å². The van der Waals surface area contributed by atoms with Crippen LogP contribution in [0.3, 0.4) is 0 Å². The van der Waals surface area contributed by atoms with Gasteiger partial charge < -0.3 is 9.47 Å². The Morgan fingerprint density at radius 3 is 2.41 bits per heavy atom. The Labute approximate surface area is 132 Å². The summed E-state index contributed by atoms with van der Waals surface area (Å²) < 4.78 is 2.08. The van der Waals surface area contributed by atoms with E-state index in [1.165, 1.54) is 25.7 Å². The van der Waals surface area contributed by atoms with Crippen LogP contribution in [0.4, 0.5) is 0 Å². The van der Waals surface area contributed by atoms with E-state index in [-0.39, 0.29) is 6.04 Å². The van der Waals surface area contributed by atoms with Crippen LogP contribution in [0.25, 0.3) is 0 Å². The monoisotopic (exact) mass is 302 g/mol. The normalized spacial score (nSPS) is 26.7. The highest BCUT2D eigenvalue weighted by Crippen LogP contribution is 2.50. The summed E-state index contributed by atoms with van der Waals surface area (Å²) >= 11 is 0. The van der Waals surface area contributed by atoms with Crippen molar-refractivity contribution in [3.8, 4) is 0 Å². The quantitative estimate of drug-likeness (QED) is 0.849. The van der Waals surface area contributed by atoms with Gasteiger partial charge in [-0.25, -0.2) is 4.98 Å². The van der Waals surface area contributed by atoms with Gasteiger partial charge in [-0.1, -0.05) is 0 Å². The van der Waals surface area contributed by atoms with Gasteiger partial charge in [0.2, 0.25) is 5.91 Å². The molecule has 120 valence electrons. The summed E-state index contributed by atoms with van der Waals surface area (Å²) in [6.45, 7) is 2.59. The van der Waals surface area contributed by atoms with Crippen LogP contribution in [0, 0.1) is 17.8 Å². The minimum Gasteiger partial charge on any atom is -0.339 e. The summed E-state index contributed by atoms with van der Waals surface area (Å²) in [5, 5.41) is 0. The van der Waals surface area contributed by atoms with Gasteiger partial charge >= 0.3 is 0 Å². The van der Waals surface area contributed by atoms with Gasteiger partial charge in [-0.15, -0.1) is 0 Å². The SMILES string of the molecule is CN1CCN(C(=O)C(C2CC2)C2CC2)C[C@@H]1c1nccn1C. The van der Waals surface area contributed by atoms with E-state index in [0.29, 0.717) is 23.7 Å². The first-order valence-corrected chi connectivity index (χ1v) is 8.61. The number of aromatic nitrogens is 2. The second-order valence-corrected chi connectivity index (χ2v) is 7.38. The van der Waals surface area contributed by atoms with Gasteiger partial charge in [0.25, 0.3) is 0 Å². The van der Waals surface area contributed by atoms with E-state index in [1.807, 2.05) is 19.4 Å². The average molecular weight is 302 g/mol. The van der Waals surface area contributed by atoms with Crippen LogP contribution in [0.5, 0.6) is 0 Å². The van der Waals surface area contributed by atoms with Gasteiger partial charge in [-0.2, -0.15) is 0 Å². The number of carbonyl (C=O) groups excluding carboxylic acids is 1. The highest BCUT2D eigenvalue weighted by molar-refractivity contribution is 5.80. The van der Waals surface area contributed by atoms with E-state index in [1.54, 1.807) is 0 Å². The summed E-state index contributed by atoms with van der Waals surface area (Å²) in [7, 11) is 4.18. The molecule has 1 amide bonds. The Morgan fingerprint density at radius 2 is 1.86 bits per heavy atom. The molecule has 4 rings (SSSR count). The maximum atomic E-state index is 13.0. The molecular weight excluding hydrogens is 276 g/mol. The molecule has 1 atom stereocenters. The van der Waals surface area contributed by atoms with Crippen molar-refractivity contribution < 1.29 is 4.79 Å². The van der Waals surface area contributed by atoms with Crippen LogP contribution >= 0.6 is 0 Å². The summed E-state index contributed by atoms with van der Waals surface area (Å²) in [6, 6.07) is 0.219. The largest absolute Gasteiger partial charge is 0.339 e. The van der Waals surface area contributed by atoms with Crippen molar-refractivity contribution in [2.45, 2.75) is 31.7 Å². The molecule has 5 nitrogen and oxygen atoms in total. The van der Waals surface area contributed by atoms with Crippen LogP contribution in [-0.2, 0) is 11.8 Å². The lowest BCUT2D eigenvalue weighted by atomic mass is 9.95. The molecule has 0 bridgehead atoms. The Kier molecular flexibility index (Phi) is 3.48. The fraction of sp³-hybridized carbons (Fsp3) is 0.765. The van der Waals surface area contributed by atoms with Crippen molar-refractivity contribution in [1.82, 2.24) is 19.4 Å². The first-order chi connectivity index (χ1) is 10.6. The van der Waals surface area contributed by atoms with E-state index >= 15 is 0 Å². The molecule has 1 aromatic rings. The lowest BCUT2D eigenvalue weighted by Crippen LogP contribution is -2.51. The smallest absolute Gasteiger partial charge is 0.226 e. The molecule has 1 aliphatic heterocycles. The number of imidazole rings is 1. The van der Waals surface area contributed by atoms with E-state index in [4.69, 9.17) is 0 Å². The number of carbonyl (C=O) groups is 1. The van der Waals surface area contributed by atoms with Gasteiger partial charge in [0.1, 0.15) is 5.82 Å². The topological polar surface area (TPSA) is 41.4 Å². The third-order valence-corrected chi connectivity index (χ3v) is 5.66. The Hall–Kier alpha value is -1.36. The number of hydrogen-bond donors (Lipinski definition) is 0. The fourth-order valence-electron chi connectivity index (χ4n) is 3.96. The Bertz CT molecular complexity index is 549. The van der Waals surface area contributed by atoms with E-state index in [2.05, 4.69) is 26.4 Å². The molecule has 0 spiro atoms. The molecule has 1 aromatic heterocycles. The summed E-state index contributed by atoms with van der Waals surface area (Å²) in [6.07, 6.45) is 8.90. The molecule has 0 N–H and O–H groups in total. The highest BCUT2D eigenvalue weighted by Gasteiger charge is 2.47. The molecule has 1 saturated heterocycles. The minimum absolute atomic E-state index is 0.219. The number of nitrogens with zero attached hydrogens (tertiary/aromatic N) is 4. The lowest BCUT2D eigenvalue weighted by Gasteiger charge is -2.40. The van der Waals surface area contributed by atoms with Gasteiger partial charge in [0, 0.05) is 45.0 Å². The summed E-state index contributed by atoms with van der Waals surface area (Å²) in [4.78, 5) is 22.0. The molecule has 0 aromatic carbocycles. The standard InChI is InChI=1S/C17H26N4O/c1-19-9-10-21(11-14(19)16-18-7-8-20(16)2)17(22)15(12-3-4-12)13-5-6-13/h7-8,12-15H,3-6,9-11H2,1-2H3/t14-/m1/s1. The number of piperazine rings is 1. The summed E-state index contributed by atoms with van der Waals surface area (Å²) in [5.74, 6) is 3.19. The summed E-state index contributed by atoms with van der Waals surface area (Å²) in [5.41, 5.74) is 0. The molecular formula is C17H26N4O. The number of amides is 1. The van der Waals surface area contributed by atoms with Crippen LogP contribution in [0.2, 0.25) is 0 Å². The van der Waals surface area contributed by atoms with Crippen molar-refractivity contribution in [2.24, 2.45) is 24.8 Å². The molecule has 0 unspecified atom stereocenters. The first-order valence-electron chi connectivity index (χ1n) is 8.61. The second kappa shape index (κ2) is 5.37. The van der Waals surface area contributed by atoms with E-state index in [9.17, 15) is 4.79 Å². The maximum Gasteiger partial charge on any atom is 0.226 e.